The average molecular weight is 697 g/mol. The zero-order valence-electron chi connectivity index (χ0n) is 26.8. The van der Waals surface area contributed by atoms with Crippen molar-refractivity contribution in [2.75, 3.05) is 6.54 Å². The Labute approximate surface area is 283 Å². The van der Waals surface area contributed by atoms with Crippen LogP contribution in [0.4, 0.5) is 30.7 Å². The van der Waals surface area contributed by atoms with Crippen molar-refractivity contribution in [1.82, 2.24) is 10.2 Å². The van der Waals surface area contributed by atoms with Crippen LogP contribution in [0, 0.1) is 19.7 Å². The molecule has 1 amide bonds. The Bertz CT molecular complexity index is 1930. The summed E-state index contributed by atoms with van der Waals surface area (Å²) in [6.07, 6.45) is -7.72. The third-order valence-corrected chi connectivity index (χ3v) is 8.73. The second kappa shape index (κ2) is 14.4. The van der Waals surface area contributed by atoms with Gasteiger partial charge in [0.1, 0.15) is 17.9 Å². The molecule has 260 valence electrons. The molecule has 3 atom stereocenters. The van der Waals surface area contributed by atoms with Crippen LogP contribution in [-0.2, 0) is 23.6 Å². The number of hydrogen-bond donors (Lipinski definition) is 1. The summed E-state index contributed by atoms with van der Waals surface area (Å²) in [5.74, 6) is -3.91. The van der Waals surface area contributed by atoms with Crippen LogP contribution in [-0.4, -0.2) is 47.0 Å². The summed E-state index contributed by atoms with van der Waals surface area (Å²) in [5.41, 5.74) is -1.28. The summed E-state index contributed by atoms with van der Waals surface area (Å²) < 4.78 is 98.4. The van der Waals surface area contributed by atoms with Crippen molar-refractivity contribution in [2.24, 2.45) is 0 Å². The highest BCUT2D eigenvalue weighted by Crippen LogP contribution is 2.36. The van der Waals surface area contributed by atoms with Gasteiger partial charge >= 0.3 is 12.4 Å². The molecule has 0 radical (unpaired) electrons. The number of aryl methyl sites for hydroxylation is 2. The van der Waals surface area contributed by atoms with E-state index in [0.29, 0.717) is 23.3 Å². The second-order valence-electron chi connectivity index (χ2n) is 12.0. The lowest BCUT2D eigenvalue weighted by atomic mass is 9.84. The predicted molar refractivity (Wildman–Crippen MR) is 173 cm³/mol. The number of benzene rings is 4. The summed E-state index contributed by atoms with van der Waals surface area (Å²) in [7, 11) is 0. The number of carbonyl (C=O) groups excluding carboxylic acids is 3. The molecule has 5 rings (SSSR count). The fraction of sp³-hybridized carbons (Fsp3) is 0.237. The molecule has 12 heteroatoms. The maximum absolute atomic E-state index is 14.5. The first kappa shape index (κ1) is 36.2. The van der Waals surface area contributed by atoms with Crippen molar-refractivity contribution < 1.29 is 45.1 Å². The van der Waals surface area contributed by atoms with E-state index in [0.717, 1.165) is 58.5 Å². The first-order chi connectivity index (χ1) is 23.6. The number of carbonyl (C=O) groups is 3. The topological polar surface area (TPSA) is 66.5 Å². The highest BCUT2D eigenvalue weighted by molar-refractivity contribution is 6.09. The van der Waals surface area contributed by atoms with Crippen molar-refractivity contribution in [1.29, 1.82) is 0 Å². The number of rotatable bonds is 8. The molecule has 5 nitrogen and oxygen atoms in total. The van der Waals surface area contributed by atoms with Gasteiger partial charge in [0.2, 0.25) is 5.91 Å². The molecule has 1 saturated heterocycles. The van der Waals surface area contributed by atoms with Crippen LogP contribution < -0.4 is 5.32 Å². The largest absolute Gasteiger partial charge is 0.417 e. The van der Waals surface area contributed by atoms with E-state index in [-0.39, 0.29) is 6.42 Å². The van der Waals surface area contributed by atoms with Crippen LogP contribution in [0.25, 0.3) is 6.08 Å². The standard InChI is InChI=1S/C38H31F7N2O3/c1-22-11-12-25(19-23(22)2)20-31-34(36(50)28-8-4-6-10-30(28)38(43,44)45)47(33(48)18-15-24-13-16-26(39)17-14-24)32(21-46-31)35(49)27-7-3-5-9-29(27)37(40,41)42/h3-19,31-32,34,46H,20-21H2,1-2H3/b18-15+. The van der Waals surface area contributed by atoms with Gasteiger partial charge in [-0.25, -0.2) is 4.39 Å². The number of amides is 1. The van der Waals surface area contributed by atoms with Crippen molar-refractivity contribution in [3.63, 3.8) is 0 Å². The lowest BCUT2D eigenvalue weighted by molar-refractivity contribution is -0.138. The number of alkyl halides is 6. The summed E-state index contributed by atoms with van der Waals surface area (Å²) in [6, 6.07) is 13.6. The molecule has 1 aliphatic heterocycles. The van der Waals surface area contributed by atoms with Crippen LogP contribution in [0.3, 0.4) is 0 Å². The first-order valence-corrected chi connectivity index (χ1v) is 15.5. The number of nitrogens with one attached hydrogen (secondary N) is 1. The molecule has 0 saturated carbocycles. The summed E-state index contributed by atoms with van der Waals surface area (Å²) in [4.78, 5) is 43.5. The number of nitrogens with zero attached hydrogens (tertiary/aromatic N) is 1. The Morgan fingerprint density at radius 2 is 1.32 bits per heavy atom. The third-order valence-electron chi connectivity index (χ3n) is 8.73. The normalized spacial score (nSPS) is 18.3. The summed E-state index contributed by atoms with van der Waals surface area (Å²) in [6.45, 7) is 3.31. The van der Waals surface area contributed by atoms with Crippen LogP contribution >= 0.6 is 0 Å². The minimum absolute atomic E-state index is 0.0111. The maximum Gasteiger partial charge on any atom is 0.417 e. The minimum atomic E-state index is -4.98. The van der Waals surface area contributed by atoms with E-state index in [1.165, 1.54) is 30.3 Å². The van der Waals surface area contributed by atoms with Gasteiger partial charge in [0.25, 0.3) is 0 Å². The van der Waals surface area contributed by atoms with Gasteiger partial charge in [-0.05, 0) is 72.9 Å². The Hall–Kier alpha value is -5.10. The molecule has 4 aromatic carbocycles. The molecule has 1 heterocycles. The van der Waals surface area contributed by atoms with Crippen LogP contribution in [0.15, 0.2) is 97.1 Å². The van der Waals surface area contributed by atoms with Gasteiger partial charge in [-0.2, -0.15) is 26.3 Å². The molecule has 0 aliphatic carbocycles. The van der Waals surface area contributed by atoms with Gasteiger partial charge in [0, 0.05) is 29.8 Å². The number of Topliss-reactive ketones (excluding diaryl/α,β-unsaturated/α-hetero) is 2. The molecular formula is C38H31F7N2O3. The number of piperazine rings is 1. The molecule has 1 N–H and O–H groups in total. The Morgan fingerprint density at radius 1 is 0.760 bits per heavy atom. The molecule has 0 bridgehead atoms. The van der Waals surface area contributed by atoms with Gasteiger partial charge in [0.05, 0.1) is 11.1 Å². The van der Waals surface area contributed by atoms with Gasteiger partial charge < -0.3 is 10.2 Å². The van der Waals surface area contributed by atoms with Gasteiger partial charge in [-0.1, -0.05) is 66.7 Å². The zero-order valence-corrected chi connectivity index (χ0v) is 26.8. The summed E-state index contributed by atoms with van der Waals surface area (Å²) >= 11 is 0. The van der Waals surface area contributed by atoms with E-state index in [1.54, 1.807) is 6.07 Å². The minimum Gasteiger partial charge on any atom is -0.315 e. The smallest absolute Gasteiger partial charge is 0.315 e. The molecule has 50 heavy (non-hydrogen) atoms. The van der Waals surface area contributed by atoms with Crippen LogP contribution in [0.2, 0.25) is 0 Å². The monoisotopic (exact) mass is 696 g/mol. The molecule has 1 fully saturated rings. The molecule has 4 aromatic rings. The van der Waals surface area contributed by atoms with E-state index in [1.807, 2.05) is 26.0 Å². The van der Waals surface area contributed by atoms with Crippen molar-refractivity contribution >= 4 is 23.5 Å². The van der Waals surface area contributed by atoms with Gasteiger partial charge in [-0.15, -0.1) is 0 Å². The fourth-order valence-electron chi connectivity index (χ4n) is 6.10. The fourth-order valence-corrected chi connectivity index (χ4v) is 6.10. The van der Waals surface area contributed by atoms with Gasteiger partial charge in [-0.3, -0.25) is 14.4 Å². The molecule has 3 unspecified atom stereocenters. The highest BCUT2D eigenvalue weighted by Gasteiger charge is 2.49. The van der Waals surface area contributed by atoms with E-state index in [4.69, 9.17) is 0 Å². The Balaban J connectivity index is 1.69. The van der Waals surface area contributed by atoms with Crippen LogP contribution in [0.1, 0.15) is 54.1 Å². The molecule has 0 spiro atoms. The predicted octanol–water partition coefficient (Wildman–Crippen LogP) is 8.04. The first-order valence-electron chi connectivity index (χ1n) is 15.5. The number of halogens is 7. The van der Waals surface area contributed by atoms with E-state index in [9.17, 15) is 45.1 Å². The van der Waals surface area contributed by atoms with Gasteiger partial charge in [0.15, 0.2) is 11.6 Å². The lowest BCUT2D eigenvalue weighted by Gasteiger charge is -2.45. The summed E-state index contributed by atoms with van der Waals surface area (Å²) in [5, 5.41) is 3.02. The Morgan fingerprint density at radius 3 is 1.88 bits per heavy atom. The molecular weight excluding hydrogens is 665 g/mol. The lowest BCUT2D eigenvalue weighted by Crippen LogP contribution is -2.69. The molecule has 1 aliphatic rings. The zero-order chi connectivity index (χ0) is 36.4. The Kier molecular flexibility index (Phi) is 10.4. The van der Waals surface area contributed by atoms with Crippen molar-refractivity contribution in [3.8, 4) is 0 Å². The molecule has 0 aromatic heterocycles. The van der Waals surface area contributed by atoms with E-state index < -0.39 is 82.6 Å². The quantitative estimate of drug-likeness (QED) is 0.115. The SMILES string of the molecule is Cc1ccc(CC2NCC(C(=O)c3ccccc3C(F)(F)F)N(C(=O)/C=C/c3ccc(F)cc3)C2C(=O)c2ccccc2C(F)(F)F)cc1C. The van der Waals surface area contributed by atoms with E-state index in [2.05, 4.69) is 5.32 Å². The maximum atomic E-state index is 14.5. The highest BCUT2D eigenvalue weighted by atomic mass is 19.4. The van der Waals surface area contributed by atoms with Crippen molar-refractivity contribution in [2.45, 2.75) is 50.7 Å². The van der Waals surface area contributed by atoms with Crippen LogP contribution in [0.5, 0.6) is 0 Å². The number of ketones is 2. The van der Waals surface area contributed by atoms with Crippen molar-refractivity contribution in [3.05, 3.63) is 147 Å². The van der Waals surface area contributed by atoms with E-state index >= 15 is 0 Å². The second-order valence-corrected chi connectivity index (χ2v) is 12.0. The third kappa shape index (κ3) is 7.86. The number of hydrogen-bond acceptors (Lipinski definition) is 4. The average Bonchev–Trinajstić information content (AvgIpc) is 3.08.